The number of aryl methyl sites for hydroxylation is 1. The van der Waals surface area contributed by atoms with Crippen LogP contribution in [0.25, 0.3) is 0 Å². The van der Waals surface area contributed by atoms with Gasteiger partial charge in [0.2, 0.25) is 0 Å². The summed E-state index contributed by atoms with van der Waals surface area (Å²) in [4.78, 5) is 11.6. The highest BCUT2D eigenvalue weighted by molar-refractivity contribution is 5.73. The van der Waals surface area contributed by atoms with Gasteiger partial charge in [0, 0.05) is 13.1 Å². The lowest BCUT2D eigenvalue weighted by atomic mass is 10.0. The van der Waals surface area contributed by atoms with Gasteiger partial charge >= 0.3 is 6.03 Å². The Morgan fingerprint density at radius 3 is 2.55 bits per heavy atom. The van der Waals surface area contributed by atoms with E-state index in [1.807, 2.05) is 18.2 Å². The van der Waals surface area contributed by atoms with Gasteiger partial charge in [0.1, 0.15) is 0 Å². The molecule has 1 aliphatic rings. The highest BCUT2D eigenvalue weighted by atomic mass is 16.3. The predicted octanol–water partition coefficient (Wildman–Crippen LogP) is 2.22. The largest absolute Gasteiger partial charge is 0.388 e. The standard InChI is InChI=1S/C16H24N2O2/c19-15(18-13-16(20)10-4-5-11-16)17-12-6-9-14-7-2-1-3-8-14/h1-3,7-8,20H,4-6,9-13H2,(H2,17,18,19). The van der Waals surface area contributed by atoms with E-state index in [1.54, 1.807) is 0 Å². The van der Waals surface area contributed by atoms with E-state index in [2.05, 4.69) is 22.8 Å². The SMILES string of the molecule is O=C(NCCCc1ccccc1)NCC1(O)CCCC1. The van der Waals surface area contributed by atoms with Crippen molar-refractivity contribution in [2.24, 2.45) is 0 Å². The minimum Gasteiger partial charge on any atom is -0.388 e. The lowest BCUT2D eigenvalue weighted by Gasteiger charge is -2.22. The van der Waals surface area contributed by atoms with Gasteiger partial charge < -0.3 is 15.7 Å². The van der Waals surface area contributed by atoms with Crippen LogP contribution < -0.4 is 10.6 Å². The average Bonchev–Trinajstić information content (AvgIpc) is 2.90. The van der Waals surface area contributed by atoms with Crippen LogP contribution in [0.2, 0.25) is 0 Å². The van der Waals surface area contributed by atoms with Gasteiger partial charge in [-0.15, -0.1) is 0 Å². The monoisotopic (exact) mass is 276 g/mol. The van der Waals surface area contributed by atoms with Crippen LogP contribution in [0, 0.1) is 0 Å². The summed E-state index contributed by atoms with van der Waals surface area (Å²) in [5, 5.41) is 15.7. The quantitative estimate of drug-likeness (QED) is 0.698. The highest BCUT2D eigenvalue weighted by Gasteiger charge is 2.31. The van der Waals surface area contributed by atoms with Gasteiger partial charge in [-0.3, -0.25) is 0 Å². The number of rotatable bonds is 6. The second kappa shape index (κ2) is 7.29. The zero-order chi connectivity index (χ0) is 14.3. The molecule has 110 valence electrons. The topological polar surface area (TPSA) is 61.4 Å². The molecular formula is C16H24N2O2. The van der Waals surface area contributed by atoms with E-state index in [1.165, 1.54) is 5.56 Å². The first kappa shape index (κ1) is 14.9. The van der Waals surface area contributed by atoms with E-state index in [-0.39, 0.29) is 6.03 Å². The van der Waals surface area contributed by atoms with Crippen molar-refractivity contribution in [2.45, 2.75) is 44.1 Å². The van der Waals surface area contributed by atoms with E-state index in [4.69, 9.17) is 0 Å². The first-order valence-corrected chi connectivity index (χ1v) is 7.46. The van der Waals surface area contributed by atoms with E-state index in [0.29, 0.717) is 13.1 Å². The summed E-state index contributed by atoms with van der Waals surface area (Å²) < 4.78 is 0. The lowest BCUT2D eigenvalue weighted by Crippen LogP contribution is -2.45. The molecule has 0 bridgehead atoms. The Morgan fingerprint density at radius 2 is 1.85 bits per heavy atom. The van der Waals surface area contributed by atoms with Crippen molar-refractivity contribution in [2.75, 3.05) is 13.1 Å². The van der Waals surface area contributed by atoms with Gasteiger partial charge in [0.25, 0.3) is 0 Å². The second-order valence-corrected chi connectivity index (χ2v) is 5.63. The number of carbonyl (C=O) groups excluding carboxylic acids is 1. The zero-order valence-electron chi connectivity index (χ0n) is 11.9. The molecule has 1 aromatic carbocycles. The third-order valence-electron chi connectivity index (χ3n) is 3.88. The molecule has 2 rings (SSSR count). The zero-order valence-corrected chi connectivity index (χ0v) is 11.9. The Balaban J connectivity index is 1.56. The summed E-state index contributed by atoms with van der Waals surface area (Å²) in [5.74, 6) is 0. The lowest BCUT2D eigenvalue weighted by molar-refractivity contribution is 0.0501. The van der Waals surface area contributed by atoms with Crippen molar-refractivity contribution in [3.63, 3.8) is 0 Å². The van der Waals surface area contributed by atoms with Crippen LogP contribution in [-0.4, -0.2) is 29.8 Å². The van der Waals surface area contributed by atoms with Crippen LogP contribution in [0.15, 0.2) is 30.3 Å². The van der Waals surface area contributed by atoms with Gasteiger partial charge in [-0.2, -0.15) is 0 Å². The van der Waals surface area contributed by atoms with Crippen LogP contribution >= 0.6 is 0 Å². The fourth-order valence-electron chi connectivity index (χ4n) is 2.66. The number of hydrogen-bond donors (Lipinski definition) is 3. The number of aliphatic hydroxyl groups is 1. The molecule has 4 heteroatoms. The number of benzene rings is 1. The fraction of sp³-hybridized carbons (Fsp3) is 0.562. The Kier molecular flexibility index (Phi) is 5.41. The number of hydrogen-bond acceptors (Lipinski definition) is 2. The van der Waals surface area contributed by atoms with Crippen LogP contribution in [-0.2, 0) is 6.42 Å². The molecule has 0 aliphatic heterocycles. The van der Waals surface area contributed by atoms with Crippen LogP contribution in [0.1, 0.15) is 37.7 Å². The summed E-state index contributed by atoms with van der Waals surface area (Å²) in [6.45, 7) is 1.01. The van der Waals surface area contributed by atoms with Crippen LogP contribution in [0.3, 0.4) is 0 Å². The number of urea groups is 1. The summed E-state index contributed by atoms with van der Waals surface area (Å²) in [6.07, 6.45) is 5.57. The molecular weight excluding hydrogens is 252 g/mol. The summed E-state index contributed by atoms with van der Waals surface area (Å²) >= 11 is 0. The molecule has 4 nitrogen and oxygen atoms in total. The minimum absolute atomic E-state index is 0.182. The first-order chi connectivity index (χ1) is 9.68. The maximum atomic E-state index is 11.6. The van der Waals surface area contributed by atoms with Gasteiger partial charge in [0.15, 0.2) is 0 Å². The Bertz CT molecular complexity index is 414. The average molecular weight is 276 g/mol. The van der Waals surface area contributed by atoms with Crippen LogP contribution in [0.4, 0.5) is 4.79 Å². The highest BCUT2D eigenvalue weighted by Crippen LogP contribution is 2.28. The van der Waals surface area contributed by atoms with Crippen LogP contribution in [0.5, 0.6) is 0 Å². The summed E-state index contributed by atoms with van der Waals surface area (Å²) in [7, 11) is 0. The third kappa shape index (κ3) is 4.85. The molecule has 3 N–H and O–H groups in total. The van der Waals surface area contributed by atoms with E-state index < -0.39 is 5.60 Å². The van der Waals surface area contributed by atoms with Crippen molar-refractivity contribution in [3.05, 3.63) is 35.9 Å². The number of nitrogens with one attached hydrogen (secondary N) is 2. The normalized spacial score (nSPS) is 16.9. The number of amides is 2. The van der Waals surface area contributed by atoms with Gasteiger partial charge in [-0.25, -0.2) is 4.79 Å². The molecule has 1 aliphatic carbocycles. The van der Waals surface area contributed by atoms with Gasteiger partial charge in [0.05, 0.1) is 5.60 Å². The van der Waals surface area contributed by atoms with Gasteiger partial charge in [-0.05, 0) is 31.2 Å². The molecule has 1 aromatic rings. The minimum atomic E-state index is -0.679. The van der Waals surface area contributed by atoms with Crippen molar-refractivity contribution in [1.82, 2.24) is 10.6 Å². The number of carbonyl (C=O) groups is 1. The molecule has 0 radical (unpaired) electrons. The van der Waals surface area contributed by atoms with Crippen molar-refractivity contribution in [1.29, 1.82) is 0 Å². The fourth-order valence-corrected chi connectivity index (χ4v) is 2.66. The Labute approximate surface area is 120 Å². The second-order valence-electron chi connectivity index (χ2n) is 5.63. The van der Waals surface area contributed by atoms with E-state index in [9.17, 15) is 9.90 Å². The molecule has 2 amide bonds. The molecule has 20 heavy (non-hydrogen) atoms. The molecule has 0 saturated heterocycles. The summed E-state index contributed by atoms with van der Waals surface area (Å²) in [5.41, 5.74) is 0.608. The third-order valence-corrected chi connectivity index (χ3v) is 3.88. The molecule has 1 fully saturated rings. The van der Waals surface area contributed by atoms with Crippen molar-refractivity contribution >= 4 is 6.03 Å². The first-order valence-electron chi connectivity index (χ1n) is 7.46. The van der Waals surface area contributed by atoms with Crippen molar-refractivity contribution in [3.8, 4) is 0 Å². The van der Waals surface area contributed by atoms with Crippen molar-refractivity contribution < 1.29 is 9.90 Å². The van der Waals surface area contributed by atoms with Gasteiger partial charge in [-0.1, -0.05) is 43.2 Å². The van der Waals surface area contributed by atoms with E-state index in [0.717, 1.165) is 38.5 Å². The predicted molar refractivity (Wildman–Crippen MR) is 79.6 cm³/mol. The molecule has 0 atom stereocenters. The molecule has 0 unspecified atom stereocenters. The maximum Gasteiger partial charge on any atom is 0.314 e. The molecule has 0 aromatic heterocycles. The molecule has 0 spiro atoms. The summed E-state index contributed by atoms with van der Waals surface area (Å²) in [6, 6.07) is 10.1. The Hall–Kier alpha value is -1.55. The molecule has 1 saturated carbocycles. The maximum absolute atomic E-state index is 11.6. The Morgan fingerprint density at radius 1 is 1.15 bits per heavy atom. The molecule has 0 heterocycles. The van der Waals surface area contributed by atoms with E-state index >= 15 is 0 Å². The smallest absolute Gasteiger partial charge is 0.314 e.